The molecule has 1 saturated carbocycles. The number of hydrogen-bond acceptors (Lipinski definition) is 5. The number of nitrogens with two attached hydrogens (primary N) is 1. The highest BCUT2D eigenvalue weighted by Crippen LogP contribution is 2.54. The number of nitrogen functional groups attached to an aromatic ring is 1. The third-order valence-corrected chi connectivity index (χ3v) is 6.37. The summed E-state index contributed by atoms with van der Waals surface area (Å²) in [6.45, 7) is 3.95. The van der Waals surface area contributed by atoms with E-state index >= 15 is 4.39 Å². The van der Waals surface area contributed by atoms with E-state index in [1.807, 2.05) is 32.4 Å². The molecule has 3 aromatic heterocycles. The third-order valence-electron chi connectivity index (χ3n) is 6.37. The lowest BCUT2D eigenvalue weighted by molar-refractivity contribution is -0.117. The fourth-order valence-corrected chi connectivity index (χ4v) is 4.51. The number of fused-ring (bicyclic) bond motifs is 1. The van der Waals surface area contributed by atoms with Gasteiger partial charge in [-0.1, -0.05) is 6.92 Å². The van der Waals surface area contributed by atoms with Crippen molar-refractivity contribution < 1.29 is 9.18 Å². The zero-order valence-corrected chi connectivity index (χ0v) is 18.0. The van der Waals surface area contributed by atoms with E-state index in [0.29, 0.717) is 27.7 Å². The molecule has 3 N–H and O–H groups in total. The van der Waals surface area contributed by atoms with E-state index in [2.05, 4.69) is 27.3 Å². The molecule has 5 rings (SSSR count). The Hall–Kier alpha value is -3.81. The average Bonchev–Trinajstić information content (AvgIpc) is 3.25. The van der Waals surface area contributed by atoms with Crippen molar-refractivity contribution in [3.05, 3.63) is 66.1 Å². The van der Waals surface area contributed by atoms with Crippen molar-refractivity contribution in [2.24, 2.45) is 18.9 Å². The Labute approximate surface area is 184 Å². The van der Waals surface area contributed by atoms with E-state index in [4.69, 9.17) is 5.73 Å². The Morgan fingerprint density at radius 2 is 2.03 bits per heavy atom. The monoisotopic (exact) mass is 430 g/mol. The molecular formula is C24H23FN6O. The van der Waals surface area contributed by atoms with E-state index in [9.17, 15) is 4.79 Å². The quantitative estimate of drug-likeness (QED) is 0.476. The average molecular weight is 430 g/mol. The molecule has 0 spiro atoms. The summed E-state index contributed by atoms with van der Waals surface area (Å²) in [6.07, 6.45) is 8.54. The number of nitrogens with zero attached hydrogens (tertiary/aromatic N) is 4. The predicted molar refractivity (Wildman–Crippen MR) is 121 cm³/mol. The number of carbonyl (C=O) groups is 1. The van der Waals surface area contributed by atoms with Crippen LogP contribution >= 0.6 is 0 Å². The molecule has 1 amide bonds. The second kappa shape index (κ2) is 7.40. The minimum Gasteiger partial charge on any atom is -0.396 e. The highest BCUT2D eigenvalue weighted by Gasteiger charge is 2.52. The van der Waals surface area contributed by atoms with E-state index in [1.54, 1.807) is 29.2 Å². The molecule has 1 aromatic carbocycles. The fourth-order valence-electron chi connectivity index (χ4n) is 4.51. The van der Waals surface area contributed by atoms with Crippen molar-refractivity contribution in [3.63, 3.8) is 0 Å². The summed E-state index contributed by atoms with van der Waals surface area (Å²) in [5.41, 5.74) is 9.11. The smallest absolute Gasteiger partial charge is 0.229 e. The number of aryl methyl sites for hydroxylation is 2. The molecular weight excluding hydrogens is 407 g/mol. The van der Waals surface area contributed by atoms with Crippen LogP contribution in [-0.2, 0) is 11.8 Å². The molecule has 3 atom stereocenters. The number of pyridine rings is 2. The molecule has 0 bridgehead atoms. The van der Waals surface area contributed by atoms with Crippen molar-refractivity contribution >= 4 is 28.2 Å². The second-order valence-electron chi connectivity index (χ2n) is 8.48. The molecule has 32 heavy (non-hydrogen) atoms. The van der Waals surface area contributed by atoms with E-state index in [-0.39, 0.29) is 29.3 Å². The minimum atomic E-state index is -0.502. The first-order chi connectivity index (χ1) is 15.3. The molecule has 1 aliphatic rings. The molecule has 162 valence electrons. The van der Waals surface area contributed by atoms with Gasteiger partial charge in [-0.15, -0.1) is 0 Å². The van der Waals surface area contributed by atoms with Crippen molar-refractivity contribution in [2.75, 3.05) is 11.1 Å². The van der Waals surface area contributed by atoms with Gasteiger partial charge in [0.25, 0.3) is 0 Å². The summed E-state index contributed by atoms with van der Waals surface area (Å²) in [5.74, 6) is 0.0588. The van der Waals surface area contributed by atoms with Crippen LogP contribution in [0.2, 0.25) is 0 Å². The summed E-state index contributed by atoms with van der Waals surface area (Å²) in [6, 6.07) is 5.27. The van der Waals surface area contributed by atoms with Crippen LogP contribution in [0.4, 0.5) is 15.9 Å². The second-order valence-corrected chi connectivity index (χ2v) is 8.48. The van der Waals surface area contributed by atoms with Crippen molar-refractivity contribution in [2.45, 2.75) is 19.8 Å². The number of carbonyl (C=O) groups excluding carboxylic acids is 1. The van der Waals surface area contributed by atoms with Gasteiger partial charge < -0.3 is 11.1 Å². The van der Waals surface area contributed by atoms with Gasteiger partial charge >= 0.3 is 0 Å². The molecule has 0 radical (unpaired) electrons. The summed E-state index contributed by atoms with van der Waals surface area (Å²) < 4.78 is 16.8. The first-order valence-corrected chi connectivity index (χ1v) is 10.4. The topological polar surface area (TPSA) is 98.7 Å². The highest BCUT2D eigenvalue weighted by atomic mass is 19.1. The number of hydrogen-bond donors (Lipinski definition) is 2. The summed E-state index contributed by atoms with van der Waals surface area (Å²) in [7, 11) is 1.86. The van der Waals surface area contributed by atoms with Crippen LogP contribution in [0.15, 0.2) is 49.2 Å². The van der Waals surface area contributed by atoms with Crippen LogP contribution in [-0.4, -0.2) is 25.7 Å². The van der Waals surface area contributed by atoms with Crippen molar-refractivity contribution in [1.29, 1.82) is 0 Å². The molecule has 4 aromatic rings. The van der Waals surface area contributed by atoms with Gasteiger partial charge in [0.05, 0.1) is 11.9 Å². The van der Waals surface area contributed by atoms with Crippen LogP contribution < -0.4 is 11.1 Å². The molecule has 3 heterocycles. The first-order valence-electron chi connectivity index (χ1n) is 10.4. The molecule has 1 fully saturated rings. The molecule has 1 aliphatic carbocycles. The van der Waals surface area contributed by atoms with Crippen LogP contribution in [0.5, 0.6) is 0 Å². The Balaban J connectivity index is 1.45. The molecule has 0 unspecified atom stereocenters. The van der Waals surface area contributed by atoms with Gasteiger partial charge in [-0.05, 0) is 47.6 Å². The van der Waals surface area contributed by atoms with Gasteiger partial charge in [-0.2, -0.15) is 5.10 Å². The first kappa shape index (κ1) is 20.1. The van der Waals surface area contributed by atoms with E-state index in [0.717, 1.165) is 11.1 Å². The number of rotatable bonds is 4. The van der Waals surface area contributed by atoms with E-state index < -0.39 is 5.82 Å². The molecule has 0 saturated heterocycles. The lowest BCUT2D eigenvalue weighted by Gasteiger charge is -2.12. The van der Waals surface area contributed by atoms with Crippen molar-refractivity contribution in [3.8, 4) is 11.1 Å². The molecule has 8 heteroatoms. The van der Waals surface area contributed by atoms with Crippen LogP contribution in [0, 0.1) is 24.6 Å². The lowest BCUT2D eigenvalue weighted by atomic mass is 9.98. The van der Waals surface area contributed by atoms with Crippen LogP contribution in [0.1, 0.15) is 24.0 Å². The normalized spacial score (nSPS) is 19.8. The maximum Gasteiger partial charge on any atom is 0.229 e. The summed E-state index contributed by atoms with van der Waals surface area (Å²) >= 11 is 0. The fraction of sp³-hybridized carbons (Fsp3) is 0.250. The molecule has 0 aliphatic heterocycles. The standard InChI is InChI=1S/C24H23FN6O/c1-12-4-5-27-9-17(12)16-6-14-7-19(28-10-18(14)23(26)22(16)25)30-24(32)21-13(2)20(21)15-8-29-31(3)11-15/h4-11,13,20-21H,26H2,1-3H3,(H,28,30,32)/t13-,20+,21-/m1/s1. The number of benzene rings is 1. The Morgan fingerprint density at radius 1 is 1.22 bits per heavy atom. The maximum absolute atomic E-state index is 15.0. The minimum absolute atomic E-state index is 0.0265. The number of halogens is 1. The summed E-state index contributed by atoms with van der Waals surface area (Å²) in [4.78, 5) is 21.3. The van der Waals surface area contributed by atoms with Gasteiger partial charge in [-0.3, -0.25) is 14.5 Å². The van der Waals surface area contributed by atoms with Gasteiger partial charge in [0.1, 0.15) is 5.82 Å². The van der Waals surface area contributed by atoms with E-state index in [1.165, 1.54) is 6.20 Å². The molecule has 7 nitrogen and oxygen atoms in total. The predicted octanol–water partition coefficient (Wildman–Crippen LogP) is 4.05. The van der Waals surface area contributed by atoms with Crippen LogP contribution in [0.25, 0.3) is 21.9 Å². The SMILES string of the molecule is Cc1ccncc1-c1cc2cc(NC(=O)[C@@H]3[C@H](C)[C@H]3c3cnn(C)c3)ncc2c(N)c1F. The number of aromatic nitrogens is 4. The van der Waals surface area contributed by atoms with Crippen molar-refractivity contribution in [1.82, 2.24) is 19.7 Å². The van der Waals surface area contributed by atoms with Gasteiger partial charge in [0.15, 0.2) is 5.82 Å². The van der Waals surface area contributed by atoms with Gasteiger partial charge in [-0.25, -0.2) is 9.37 Å². The Kier molecular flexibility index (Phi) is 4.65. The number of amides is 1. The number of nitrogens with one attached hydrogen (secondary N) is 1. The Morgan fingerprint density at radius 3 is 2.75 bits per heavy atom. The number of anilines is 2. The zero-order chi connectivity index (χ0) is 22.6. The van der Waals surface area contributed by atoms with Crippen LogP contribution in [0.3, 0.4) is 0 Å². The van der Waals surface area contributed by atoms with Gasteiger partial charge in [0.2, 0.25) is 5.91 Å². The van der Waals surface area contributed by atoms with Gasteiger partial charge in [0, 0.05) is 60.2 Å². The lowest BCUT2D eigenvalue weighted by Crippen LogP contribution is -2.16. The zero-order valence-electron chi connectivity index (χ0n) is 18.0. The highest BCUT2D eigenvalue weighted by molar-refractivity contribution is 6.00. The maximum atomic E-state index is 15.0. The third kappa shape index (κ3) is 3.28. The summed E-state index contributed by atoms with van der Waals surface area (Å²) in [5, 5.41) is 8.31. The largest absolute Gasteiger partial charge is 0.396 e. The Bertz CT molecular complexity index is 1360.